The van der Waals surface area contributed by atoms with E-state index in [1.807, 2.05) is 31.0 Å². The van der Waals surface area contributed by atoms with Gasteiger partial charge < -0.3 is 20.4 Å². The number of amides is 1. The zero-order chi connectivity index (χ0) is 19.2. The van der Waals surface area contributed by atoms with Gasteiger partial charge in [0.1, 0.15) is 5.82 Å². The Hall–Kier alpha value is -2.31. The minimum Gasteiger partial charge on any atom is -0.357 e. The summed E-state index contributed by atoms with van der Waals surface area (Å²) in [5.74, 6) is 2.12. The lowest BCUT2D eigenvalue weighted by molar-refractivity contribution is -0.133. The lowest BCUT2D eigenvalue weighted by Gasteiger charge is -2.20. The van der Waals surface area contributed by atoms with Crippen molar-refractivity contribution in [1.82, 2.24) is 20.5 Å². The van der Waals surface area contributed by atoms with E-state index in [1.54, 1.807) is 7.05 Å². The summed E-state index contributed by atoms with van der Waals surface area (Å²) in [7, 11) is 1.78. The number of carbonyl (C=O) groups is 1. The molecule has 7 heteroatoms. The average Bonchev–Trinajstić information content (AvgIpc) is 3.36. The molecule has 0 saturated carbocycles. The largest absolute Gasteiger partial charge is 0.357 e. The predicted octanol–water partition coefficient (Wildman–Crippen LogP) is 1.60. The molecular formula is C20H32N6O. The Morgan fingerprint density at radius 3 is 2.81 bits per heavy atom. The molecule has 1 unspecified atom stereocenters. The molecule has 3 heterocycles. The van der Waals surface area contributed by atoms with E-state index in [1.165, 1.54) is 18.4 Å². The Labute approximate surface area is 162 Å². The highest BCUT2D eigenvalue weighted by Crippen LogP contribution is 2.18. The Bertz CT molecular complexity index is 668. The van der Waals surface area contributed by atoms with E-state index in [0.29, 0.717) is 6.54 Å². The van der Waals surface area contributed by atoms with E-state index in [0.717, 1.165) is 44.4 Å². The maximum atomic E-state index is 12.1. The lowest BCUT2D eigenvalue weighted by Crippen LogP contribution is -2.45. The van der Waals surface area contributed by atoms with Crippen LogP contribution in [0.2, 0.25) is 0 Å². The molecule has 0 bridgehead atoms. The number of pyridine rings is 1. The predicted molar refractivity (Wildman–Crippen MR) is 109 cm³/mol. The van der Waals surface area contributed by atoms with E-state index >= 15 is 0 Å². The fourth-order valence-corrected chi connectivity index (χ4v) is 3.71. The van der Waals surface area contributed by atoms with Gasteiger partial charge >= 0.3 is 0 Å². The van der Waals surface area contributed by atoms with Gasteiger partial charge in [0.2, 0.25) is 5.91 Å². The molecule has 0 aliphatic carbocycles. The van der Waals surface area contributed by atoms with Crippen LogP contribution in [0.1, 0.15) is 38.7 Å². The smallest absolute Gasteiger partial charge is 0.225 e. The highest BCUT2D eigenvalue weighted by molar-refractivity contribution is 5.81. The number of guanidine groups is 1. The lowest BCUT2D eigenvalue weighted by atomic mass is 10.2. The summed E-state index contributed by atoms with van der Waals surface area (Å²) in [6.45, 7) is 8.36. The molecule has 2 N–H and O–H groups in total. The van der Waals surface area contributed by atoms with Gasteiger partial charge in [-0.15, -0.1) is 0 Å². The molecule has 2 aliphatic heterocycles. The van der Waals surface area contributed by atoms with E-state index in [2.05, 4.69) is 31.6 Å². The van der Waals surface area contributed by atoms with Crippen molar-refractivity contribution in [3.63, 3.8) is 0 Å². The summed E-state index contributed by atoms with van der Waals surface area (Å²) in [5, 5.41) is 6.83. The van der Waals surface area contributed by atoms with E-state index in [9.17, 15) is 4.79 Å². The fourth-order valence-electron chi connectivity index (χ4n) is 3.71. The Morgan fingerprint density at radius 1 is 1.33 bits per heavy atom. The summed E-state index contributed by atoms with van der Waals surface area (Å²) in [4.78, 5) is 25.3. The molecule has 7 nitrogen and oxygen atoms in total. The Balaban J connectivity index is 1.50. The summed E-state index contributed by atoms with van der Waals surface area (Å²) >= 11 is 0. The van der Waals surface area contributed by atoms with E-state index < -0.39 is 0 Å². The van der Waals surface area contributed by atoms with Crippen LogP contribution >= 0.6 is 0 Å². The van der Waals surface area contributed by atoms with Crippen molar-refractivity contribution in [2.24, 2.45) is 10.9 Å². The number of hydrogen-bond acceptors (Lipinski definition) is 4. The van der Waals surface area contributed by atoms with Gasteiger partial charge in [-0.05, 0) is 37.0 Å². The SMILES string of the molecule is CN=C(NCc1ccnc(N2CCCC2)c1)NC1CCN(C(=O)C(C)C)C1. The zero-order valence-corrected chi connectivity index (χ0v) is 16.7. The highest BCUT2D eigenvalue weighted by atomic mass is 16.2. The number of aliphatic imine (C=N–C) groups is 1. The topological polar surface area (TPSA) is 72.9 Å². The molecule has 3 rings (SSSR count). The molecule has 27 heavy (non-hydrogen) atoms. The molecule has 148 valence electrons. The number of nitrogens with one attached hydrogen (secondary N) is 2. The van der Waals surface area contributed by atoms with Crippen LogP contribution < -0.4 is 15.5 Å². The number of likely N-dealkylation sites (tertiary alicyclic amines) is 1. The second kappa shape index (κ2) is 9.06. The van der Waals surface area contributed by atoms with Gasteiger partial charge in [-0.25, -0.2) is 4.98 Å². The van der Waals surface area contributed by atoms with Gasteiger partial charge in [0.05, 0.1) is 0 Å². The van der Waals surface area contributed by atoms with Crippen LogP contribution in [-0.2, 0) is 11.3 Å². The molecule has 0 spiro atoms. The molecule has 0 radical (unpaired) electrons. The van der Waals surface area contributed by atoms with Crippen LogP contribution in [0.25, 0.3) is 0 Å². The third-order valence-corrected chi connectivity index (χ3v) is 5.26. The number of rotatable bonds is 5. The van der Waals surface area contributed by atoms with E-state index in [4.69, 9.17) is 0 Å². The first-order valence-corrected chi connectivity index (χ1v) is 10.0. The number of aromatic nitrogens is 1. The Kier molecular flexibility index (Phi) is 6.53. The fraction of sp³-hybridized carbons (Fsp3) is 0.650. The van der Waals surface area contributed by atoms with Crippen molar-refractivity contribution in [3.8, 4) is 0 Å². The maximum absolute atomic E-state index is 12.1. The molecule has 2 aliphatic rings. The van der Waals surface area contributed by atoms with Crippen LogP contribution in [0.3, 0.4) is 0 Å². The van der Waals surface area contributed by atoms with Crippen molar-refractivity contribution in [2.45, 2.75) is 45.7 Å². The van der Waals surface area contributed by atoms with Crippen molar-refractivity contribution in [1.29, 1.82) is 0 Å². The van der Waals surface area contributed by atoms with Crippen molar-refractivity contribution < 1.29 is 4.79 Å². The average molecular weight is 373 g/mol. The highest BCUT2D eigenvalue weighted by Gasteiger charge is 2.27. The monoisotopic (exact) mass is 372 g/mol. The quantitative estimate of drug-likeness (QED) is 0.607. The standard InChI is InChI=1S/C20H32N6O/c1-15(2)19(27)26-11-7-17(14-26)24-20(21-3)23-13-16-6-8-22-18(12-16)25-9-4-5-10-25/h6,8,12,15,17H,4-5,7,9-11,13-14H2,1-3H3,(H2,21,23,24). The van der Waals surface area contributed by atoms with Crippen LogP contribution in [-0.4, -0.2) is 61.0 Å². The first-order valence-electron chi connectivity index (χ1n) is 10.0. The molecule has 2 fully saturated rings. The summed E-state index contributed by atoms with van der Waals surface area (Å²) in [5.41, 5.74) is 1.19. The second-order valence-corrected chi connectivity index (χ2v) is 7.71. The van der Waals surface area contributed by atoms with E-state index in [-0.39, 0.29) is 17.9 Å². The van der Waals surface area contributed by atoms with Gasteiger partial charge in [-0.3, -0.25) is 9.79 Å². The minimum absolute atomic E-state index is 0.0534. The molecule has 0 aromatic carbocycles. The third kappa shape index (κ3) is 5.11. The zero-order valence-electron chi connectivity index (χ0n) is 16.7. The van der Waals surface area contributed by atoms with Crippen LogP contribution in [0, 0.1) is 5.92 Å². The van der Waals surface area contributed by atoms with Gasteiger partial charge in [0.25, 0.3) is 0 Å². The molecule has 1 amide bonds. The molecule has 2 saturated heterocycles. The van der Waals surface area contributed by atoms with Crippen LogP contribution in [0.4, 0.5) is 5.82 Å². The van der Waals surface area contributed by atoms with Crippen molar-refractivity contribution in [2.75, 3.05) is 38.1 Å². The summed E-state index contributed by atoms with van der Waals surface area (Å²) in [6, 6.07) is 4.44. The maximum Gasteiger partial charge on any atom is 0.225 e. The number of hydrogen-bond donors (Lipinski definition) is 2. The summed E-state index contributed by atoms with van der Waals surface area (Å²) < 4.78 is 0. The second-order valence-electron chi connectivity index (χ2n) is 7.71. The first-order chi connectivity index (χ1) is 13.1. The van der Waals surface area contributed by atoms with Gasteiger partial charge in [0, 0.05) is 57.9 Å². The van der Waals surface area contributed by atoms with Gasteiger partial charge in [0.15, 0.2) is 5.96 Å². The number of carbonyl (C=O) groups excluding carboxylic acids is 1. The number of anilines is 1. The molecule has 1 atom stereocenters. The Morgan fingerprint density at radius 2 is 2.11 bits per heavy atom. The molecule has 1 aromatic heterocycles. The van der Waals surface area contributed by atoms with Crippen molar-refractivity contribution >= 4 is 17.7 Å². The first kappa shape index (κ1) is 19.5. The number of nitrogens with zero attached hydrogens (tertiary/aromatic N) is 4. The molecule has 1 aromatic rings. The summed E-state index contributed by atoms with van der Waals surface area (Å²) in [6.07, 6.45) is 5.33. The van der Waals surface area contributed by atoms with Crippen molar-refractivity contribution in [3.05, 3.63) is 23.9 Å². The molecular weight excluding hydrogens is 340 g/mol. The van der Waals surface area contributed by atoms with Gasteiger partial charge in [-0.1, -0.05) is 13.8 Å². The minimum atomic E-state index is 0.0534. The van der Waals surface area contributed by atoms with Gasteiger partial charge in [-0.2, -0.15) is 0 Å². The third-order valence-electron chi connectivity index (χ3n) is 5.26. The van der Waals surface area contributed by atoms with Crippen LogP contribution in [0.5, 0.6) is 0 Å². The normalized spacial score (nSPS) is 20.4. The van der Waals surface area contributed by atoms with Crippen LogP contribution in [0.15, 0.2) is 23.3 Å².